The van der Waals surface area contributed by atoms with Gasteiger partial charge in [0.15, 0.2) is 5.43 Å². The highest BCUT2D eigenvalue weighted by Crippen LogP contribution is 2.27. The maximum absolute atomic E-state index is 12.9. The Labute approximate surface area is 184 Å². The van der Waals surface area contributed by atoms with Gasteiger partial charge in [0.2, 0.25) is 5.91 Å². The van der Waals surface area contributed by atoms with Gasteiger partial charge in [-0.2, -0.15) is 0 Å². The Morgan fingerprint density at radius 1 is 1.03 bits per heavy atom. The van der Waals surface area contributed by atoms with E-state index in [1.54, 1.807) is 31.3 Å². The fourth-order valence-corrected chi connectivity index (χ4v) is 4.01. The van der Waals surface area contributed by atoms with E-state index < -0.39 is 0 Å². The van der Waals surface area contributed by atoms with E-state index in [1.165, 1.54) is 11.8 Å². The van der Waals surface area contributed by atoms with Crippen molar-refractivity contribution in [3.63, 3.8) is 0 Å². The first kappa shape index (κ1) is 20.7. The second-order valence-electron chi connectivity index (χ2n) is 7.17. The summed E-state index contributed by atoms with van der Waals surface area (Å²) in [6.07, 6.45) is 1.59. The number of carbonyl (C=O) groups excluding carboxylic acids is 1. The minimum atomic E-state index is -0.117. The van der Waals surface area contributed by atoms with Crippen LogP contribution >= 0.6 is 11.8 Å². The molecule has 4 rings (SSSR count). The average Bonchev–Trinajstić information content (AvgIpc) is 2.78. The van der Waals surface area contributed by atoms with Gasteiger partial charge in [0.05, 0.1) is 21.7 Å². The third kappa shape index (κ3) is 4.62. The van der Waals surface area contributed by atoms with Crippen LogP contribution < -0.4 is 10.7 Å². The van der Waals surface area contributed by atoms with Crippen LogP contribution in [0.5, 0.6) is 0 Å². The molecule has 0 radical (unpaired) electrons. The summed E-state index contributed by atoms with van der Waals surface area (Å²) in [6.45, 7) is 0. The number of pyridine rings is 2. The molecule has 2 heterocycles. The van der Waals surface area contributed by atoms with Crippen molar-refractivity contribution in [3.8, 4) is 5.69 Å². The molecule has 0 aliphatic heterocycles. The number of hydrogen-bond acceptors (Lipinski definition) is 5. The zero-order valence-corrected chi connectivity index (χ0v) is 18.1. The standard InChI is InChI=1S/C24H22N4O2S/c1-27(2)24(30)16-31-23-13-20-19(15-25-23)21(29)14-22(26-17-9-5-3-6-10-17)28(20)18-11-7-4-8-12-18/h3-15,26H,16H2,1-2H3. The number of amides is 1. The molecule has 2 aromatic heterocycles. The molecule has 0 spiro atoms. The smallest absolute Gasteiger partial charge is 0.232 e. The molecule has 0 fully saturated rings. The van der Waals surface area contributed by atoms with Gasteiger partial charge in [0, 0.05) is 37.7 Å². The monoisotopic (exact) mass is 430 g/mol. The molecule has 1 amide bonds. The number of hydrogen-bond donors (Lipinski definition) is 1. The summed E-state index contributed by atoms with van der Waals surface area (Å²) >= 11 is 1.35. The lowest BCUT2D eigenvalue weighted by Gasteiger charge is -2.19. The fourth-order valence-electron chi connectivity index (χ4n) is 3.16. The zero-order chi connectivity index (χ0) is 21.8. The Balaban J connectivity index is 1.86. The van der Waals surface area contributed by atoms with E-state index in [1.807, 2.05) is 71.3 Å². The lowest BCUT2D eigenvalue weighted by Crippen LogP contribution is -2.23. The molecule has 4 aromatic rings. The average molecular weight is 431 g/mol. The maximum Gasteiger partial charge on any atom is 0.232 e. The molecule has 0 bridgehead atoms. The number of nitrogens with zero attached hydrogens (tertiary/aromatic N) is 3. The third-order valence-electron chi connectivity index (χ3n) is 4.78. The van der Waals surface area contributed by atoms with Crippen LogP contribution in [0.25, 0.3) is 16.6 Å². The van der Waals surface area contributed by atoms with Crippen LogP contribution in [0.15, 0.2) is 88.8 Å². The van der Waals surface area contributed by atoms with Crippen molar-refractivity contribution in [3.05, 3.63) is 89.2 Å². The van der Waals surface area contributed by atoms with Gasteiger partial charge in [-0.1, -0.05) is 48.2 Å². The minimum Gasteiger partial charge on any atom is -0.348 e. The van der Waals surface area contributed by atoms with Crippen LogP contribution in [-0.4, -0.2) is 40.2 Å². The molecule has 31 heavy (non-hydrogen) atoms. The van der Waals surface area contributed by atoms with Crippen molar-refractivity contribution < 1.29 is 4.79 Å². The number of carbonyl (C=O) groups is 1. The van der Waals surface area contributed by atoms with Gasteiger partial charge in [-0.3, -0.25) is 14.2 Å². The second kappa shape index (κ2) is 9.06. The van der Waals surface area contributed by atoms with Crippen LogP contribution in [-0.2, 0) is 4.79 Å². The first-order chi connectivity index (χ1) is 15.0. The van der Waals surface area contributed by atoms with Gasteiger partial charge in [-0.05, 0) is 30.3 Å². The van der Waals surface area contributed by atoms with Crippen LogP contribution in [0.2, 0.25) is 0 Å². The predicted molar refractivity (Wildman–Crippen MR) is 126 cm³/mol. The Bertz CT molecular complexity index is 1270. The molecule has 0 saturated heterocycles. The highest BCUT2D eigenvalue weighted by Gasteiger charge is 2.14. The summed E-state index contributed by atoms with van der Waals surface area (Å²) in [5.41, 5.74) is 2.41. The van der Waals surface area contributed by atoms with E-state index in [0.29, 0.717) is 16.2 Å². The SMILES string of the molecule is CN(C)C(=O)CSc1cc2c(cn1)c(=O)cc(Nc1ccccc1)n2-c1ccccc1. The molecule has 2 aromatic carbocycles. The molecule has 0 aliphatic carbocycles. The number of nitrogens with one attached hydrogen (secondary N) is 1. The van der Waals surface area contributed by atoms with E-state index in [0.717, 1.165) is 16.9 Å². The van der Waals surface area contributed by atoms with Gasteiger partial charge in [0.25, 0.3) is 0 Å². The largest absolute Gasteiger partial charge is 0.348 e. The van der Waals surface area contributed by atoms with E-state index in [4.69, 9.17) is 0 Å². The number of para-hydroxylation sites is 2. The van der Waals surface area contributed by atoms with Crippen molar-refractivity contribution in [1.82, 2.24) is 14.5 Å². The van der Waals surface area contributed by atoms with E-state index in [9.17, 15) is 9.59 Å². The van der Waals surface area contributed by atoms with Crippen LogP contribution in [0.1, 0.15) is 0 Å². The summed E-state index contributed by atoms with van der Waals surface area (Å²) in [6, 6.07) is 23.0. The molecule has 0 unspecified atom stereocenters. The molecule has 0 atom stereocenters. The van der Waals surface area contributed by atoms with Crippen molar-refractivity contribution in [2.24, 2.45) is 0 Å². The highest BCUT2D eigenvalue weighted by molar-refractivity contribution is 7.99. The molecule has 7 heteroatoms. The van der Waals surface area contributed by atoms with Crippen molar-refractivity contribution in [2.45, 2.75) is 5.03 Å². The molecule has 156 valence electrons. The lowest BCUT2D eigenvalue weighted by atomic mass is 10.2. The van der Waals surface area contributed by atoms with E-state index >= 15 is 0 Å². The van der Waals surface area contributed by atoms with Gasteiger partial charge in [-0.15, -0.1) is 0 Å². The number of benzene rings is 2. The van der Waals surface area contributed by atoms with Gasteiger partial charge in [0.1, 0.15) is 5.82 Å². The topological polar surface area (TPSA) is 67.2 Å². The number of fused-ring (bicyclic) bond motifs is 1. The number of thioether (sulfide) groups is 1. The Morgan fingerprint density at radius 2 is 1.71 bits per heavy atom. The predicted octanol–water partition coefficient (Wildman–Crippen LogP) is 4.31. The quantitative estimate of drug-likeness (QED) is 0.462. The maximum atomic E-state index is 12.9. The Morgan fingerprint density at radius 3 is 2.39 bits per heavy atom. The van der Waals surface area contributed by atoms with Crippen LogP contribution in [0.3, 0.4) is 0 Å². The normalized spacial score (nSPS) is 10.8. The fraction of sp³-hybridized carbons (Fsp3) is 0.125. The molecule has 0 saturated carbocycles. The summed E-state index contributed by atoms with van der Waals surface area (Å²) in [5.74, 6) is 0.941. The molecule has 0 aliphatic rings. The molecule has 1 N–H and O–H groups in total. The van der Waals surface area contributed by atoms with E-state index in [-0.39, 0.29) is 17.1 Å². The van der Waals surface area contributed by atoms with Gasteiger partial charge >= 0.3 is 0 Å². The molecular formula is C24H22N4O2S. The minimum absolute atomic E-state index is 0.00633. The molecule has 6 nitrogen and oxygen atoms in total. The van der Waals surface area contributed by atoms with Crippen LogP contribution in [0, 0.1) is 0 Å². The zero-order valence-electron chi connectivity index (χ0n) is 17.3. The Hall–Kier alpha value is -3.58. The third-order valence-corrected chi connectivity index (χ3v) is 5.69. The lowest BCUT2D eigenvalue weighted by molar-refractivity contribution is -0.125. The number of rotatable bonds is 6. The number of aromatic nitrogens is 2. The van der Waals surface area contributed by atoms with E-state index in [2.05, 4.69) is 10.3 Å². The summed E-state index contributed by atoms with van der Waals surface area (Å²) in [5, 5.41) is 4.57. The number of anilines is 2. The van der Waals surface area contributed by atoms with Crippen molar-refractivity contribution in [1.29, 1.82) is 0 Å². The van der Waals surface area contributed by atoms with Crippen molar-refractivity contribution >= 4 is 40.1 Å². The molecular weight excluding hydrogens is 408 g/mol. The summed E-state index contributed by atoms with van der Waals surface area (Å²) in [7, 11) is 3.45. The van der Waals surface area contributed by atoms with Crippen molar-refractivity contribution in [2.75, 3.05) is 25.2 Å². The highest BCUT2D eigenvalue weighted by atomic mass is 32.2. The first-order valence-corrected chi connectivity index (χ1v) is 10.8. The van der Waals surface area contributed by atoms with Crippen LogP contribution in [0.4, 0.5) is 11.5 Å². The Kier molecular flexibility index (Phi) is 6.04. The summed E-state index contributed by atoms with van der Waals surface area (Å²) < 4.78 is 2.00. The second-order valence-corrected chi connectivity index (χ2v) is 8.17. The summed E-state index contributed by atoms with van der Waals surface area (Å²) in [4.78, 5) is 30.8. The van der Waals surface area contributed by atoms with Gasteiger partial charge in [-0.25, -0.2) is 4.98 Å². The van der Waals surface area contributed by atoms with Gasteiger partial charge < -0.3 is 10.2 Å². The first-order valence-electron chi connectivity index (χ1n) is 9.79.